The fraction of sp³-hybridized carbons (Fsp3) is 0.143. The summed E-state index contributed by atoms with van der Waals surface area (Å²) in [7, 11) is 0. The summed E-state index contributed by atoms with van der Waals surface area (Å²) in [4.78, 5) is 16.9. The lowest BCUT2D eigenvalue weighted by atomic mass is 10.1. The van der Waals surface area contributed by atoms with Crippen LogP contribution >= 0.6 is 0 Å². The van der Waals surface area contributed by atoms with E-state index < -0.39 is 0 Å². The summed E-state index contributed by atoms with van der Waals surface area (Å²) in [6.45, 7) is 1.77. The van der Waals surface area contributed by atoms with Crippen molar-refractivity contribution in [3.8, 4) is 11.6 Å². The van der Waals surface area contributed by atoms with E-state index in [-0.39, 0.29) is 5.91 Å². The summed E-state index contributed by atoms with van der Waals surface area (Å²) in [5, 5.41) is 11.3. The molecule has 0 radical (unpaired) electrons. The largest absolute Gasteiger partial charge is 0.490 e. The number of amides is 1. The highest BCUT2D eigenvalue weighted by Gasteiger charge is 2.08. The average Bonchev–Trinajstić information content (AvgIpc) is 3.34. The van der Waals surface area contributed by atoms with Crippen molar-refractivity contribution in [1.29, 1.82) is 0 Å². The molecule has 0 saturated carbocycles. The van der Waals surface area contributed by atoms with Crippen molar-refractivity contribution >= 4 is 16.9 Å². The quantitative estimate of drug-likeness (QED) is 0.301. The van der Waals surface area contributed by atoms with Crippen molar-refractivity contribution in [3.63, 3.8) is 0 Å². The van der Waals surface area contributed by atoms with Crippen molar-refractivity contribution < 1.29 is 14.3 Å². The first-order valence-corrected chi connectivity index (χ1v) is 11.7. The molecule has 0 atom stereocenters. The number of aromatic nitrogens is 4. The Bertz CT molecular complexity index is 1420. The molecule has 5 rings (SSSR count). The van der Waals surface area contributed by atoms with E-state index in [4.69, 9.17) is 9.47 Å². The molecular formula is C28H25N5O3. The van der Waals surface area contributed by atoms with Crippen LogP contribution in [0.3, 0.4) is 0 Å². The lowest BCUT2D eigenvalue weighted by Gasteiger charge is -2.09. The molecule has 1 amide bonds. The van der Waals surface area contributed by atoms with Gasteiger partial charge in [0.15, 0.2) is 0 Å². The van der Waals surface area contributed by atoms with Crippen LogP contribution in [0.4, 0.5) is 0 Å². The van der Waals surface area contributed by atoms with E-state index in [9.17, 15) is 4.79 Å². The summed E-state index contributed by atoms with van der Waals surface area (Å²) in [6.07, 6.45) is 1.69. The zero-order valence-corrected chi connectivity index (χ0v) is 19.6. The van der Waals surface area contributed by atoms with Gasteiger partial charge in [-0.2, -0.15) is 0 Å². The van der Waals surface area contributed by atoms with Gasteiger partial charge in [-0.1, -0.05) is 53.7 Å². The van der Waals surface area contributed by atoms with Gasteiger partial charge in [0.2, 0.25) is 5.88 Å². The predicted octanol–water partition coefficient (Wildman–Crippen LogP) is 4.26. The third-order valence-corrected chi connectivity index (χ3v) is 5.56. The van der Waals surface area contributed by atoms with Crippen LogP contribution in [0.15, 0.2) is 97.2 Å². The van der Waals surface area contributed by atoms with E-state index in [0.29, 0.717) is 37.7 Å². The van der Waals surface area contributed by atoms with Crippen LogP contribution in [0.5, 0.6) is 11.6 Å². The van der Waals surface area contributed by atoms with Gasteiger partial charge in [0.05, 0.1) is 12.1 Å². The zero-order chi connectivity index (χ0) is 24.6. The van der Waals surface area contributed by atoms with Crippen LogP contribution in [-0.2, 0) is 13.1 Å². The molecule has 0 aliphatic rings. The Balaban J connectivity index is 1.07. The molecule has 0 bridgehead atoms. The van der Waals surface area contributed by atoms with Gasteiger partial charge in [-0.25, -0.2) is 9.67 Å². The maximum atomic E-state index is 12.6. The fourth-order valence-corrected chi connectivity index (χ4v) is 3.68. The van der Waals surface area contributed by atoms with Crippen molar-refractivity contribution in [2.75, 3.05) is 13.2 Å². The molecule has 0 unspecified atom stereocenters. The van der Waals surface area contributed by atoms with Gasteiger partial charge in [-0.3, -0.25) is 4.79 Å². The van der Waals surface area contributed by atoms with Crippen LogP contribution in [0.25, 0.3) is 11.0 Å². The molecule has 3 aromatic carbocycles. The molecular weight excluding hydrogens is 454 g/mol. The number of pyridine rings is 1. The topological polar surface area (TPSA) is 91.2 Å². The number of para-hydroxylation sites is 2. The average molecular weight is 480 g/mol. The van der Waals surface area contributed by atoms with Crippen molar-refractivity contribution in [1.82, 2.24) is 25.3 Å². The first-order chi connectivity index (χ1) is 17.7. The molecule has 0 saturated heterocycles. The highest BCUT2D eigenvalue weighted by atomic mass is 16.5. The van der Waals surface area contributed by atoms with Gasteiger partial charge in [0, 0.05) is 24.4 Å². The number of carbonyl (C=O) groups is 1. The summed E-state index contributed by atoms with van der Waals surface area (Å²) in [5.41, 5.74) is 4.35. The van der Waals surface area contributed by atoms with Crippen LogP contribution in [0.2, 0.25) is 0 Å². The number of fused-ring (bicyclic) bond motifs is 1. The molecule has 8 heteroatoms. The van der Waals surface area contributed by atoms with Crippen molar-refractivity contribution in [2.45, 2.75) is 13.1 Å². The van der Waals surface area contributed by atoms with Crippen molar-refractivity contribution in [2.24, 2.45) is 0 Å². The molecule has 2 heterocycles. The number of carbonyl (C=O) groups excluding carboxylic acids is 1. The molecule has 2 aromatic heterocycles. The van der Waals surface area contributed by atoms with E-state index in [1.807, 2.05) is 89.6 Å². The maximum Gasteiger partial charge on any atom is 0.251 e. The SMILES string of the molecule is O=C(NCc1ccc(OCCOc2ccccc2)nc1)c1ccc(Cn2nnc3ccccc32)cc1. The summed E-state index contributed by atoms with van der Waals surface area (Å²) >= 11 is 0. The van der Waals surface area contributed by atoms with Gasteiger partial charge in [-0.15, -0.1) is 5.10 Å². The Morgan fingerprint density at radius 2 is 1.56 bits per heavy atom. The third kappa shape index (κ3) is 5.85. The number of hydrogen-bond donors (Lipinski definition) is 1. The lowest BCUT2D eigenvalue weighted by molar-refractivity contribution is 0.0951. The molecule has 0 aliphatic carbocycles. The highest BCUT2D eigenvalue weighted by molar-refractivity contribution is 5.94. The van der Waals surface area contributed by atoms with Gasteiger partial charge >= 0.3 is 0 Å². The standard InChI is InChI=1S/C28H25N5O3/c34-28(23-13-10-21(11-14-23)20-33-26-9-5-4-8-25(26)31-32-33)30-19-22-12-15-27(29-18-22)36-17-16-35-24-6-2-1-3-7-24/h1-15,18H,16-17,19-20H2,(H,30,34). The second-order valence-corrected chi connectivity index (χ2v) is 8.13. The second kappa shape index (κ2) is 11.1. The molecule has 0 aliphatic heterocycles. The molecule has 0 fully saturated rings. The van der Waals surface area contributed by atoms with E-state index in [1.54, 1.807) is 12.3 Å². The zero-order valence-electron chi connectivity index (χ0n) is 19.6. The summed E-state index contributed by atoms with van der Waals surface area (Å²) in [5.74, 6) is 1.17. The van der Waals surface area contributed by atoms with Gasteiger partial charge in [-0.05, 0) is 47.5 Å². The van der Waals surface area contributed by atoms with E-state index in [1.165, 1.54) is 0 Å². The van der Waals surface area contributed by atoms with Crippen molar-refractivity contribution in [3.05, 3.63) is 114 Å². The Morgan fingerprint density at radius 3 is 2.36 bits per heavy atom. The molecule has 180 valence electrons. The third-order valence-electron chi connectivity index (χ3n) is 5.56. The maximum absolute atomic E-state index is 12.6. The van der Waals surface area contributed by atoms with Gasteiger partial charge < -0.3 is 14.8 Å². The van der Waals surface area contributed by atoms with E-state index >= 15 is 0 Å². The Labute approximate surface area is 208 Å². The lowest BCUT2D eigenvalue weighted by Crippen LogP contribution is -2.22. The summed E-state index contributed by atoms with van der Waals surface area (Å²) < 4.78 is 13.1. The van der Waals surface area contributed by atoms with Gasteiger partial charge in [0.1, 0.15) is 24.5 Å². The van der Waals surface area contributed by atoms with E-state index in [2.05, 4.69) is 20.6 Å². The number of benzene rings is 3. The Hall–Kier alpha value is -4.72. The number of nitrogens with one attached hydrogen (secondary N) is 1. The first-order valence-electron chi connectivity index (χ1n) is 11.7. The minimum absolute atomic E-state index is 0.147. The summed E-state index contributed by atoms with van der Waals surface area (Å²) in [6, 6.07) is 28.6. The van der Waals surface area contributed by atoms with Gasteiger partial charge in [0.25, 0.3) is 5.91 Å². The highest BCUT2D eigenvalue weighted by Crippen LogP contribution is 2.14. The smallest absolute Gasteiger partial charge is 0.251 e. The molecule has 0 spiro atoms. The molecule has 36 heavy (non-hydrogen) atoms. The first kappa shape index (κ1) is 23.0. The molecule has 1 N–H and O–H groups in total. The van der Waals surface area contributed by atoms with E-state index in [0.717, 1.165) is 27.9 Å². The number of nitrogens with zero attached hydrogens (tertiary/aromatic N) is 4. The van der Waals surface area contributed by atoms with Crippen LogP contribution < -0.4 is 14.8 Å². The molecule has 5 aromatic rings. The Morgan fingerprint density at radius 1 is 0.806 bits per heavy atom. The number of ether oxygens (including phenoxy) is 2. The minimum atomic E-state index is -0.147. The predicted molar refractivity (Wildman–Crippen MR) is 136 cm³/mol. The number of hydrogen-bond acceptors (Lipinski definition) is 6. The fourth-order valence-electron chi connectivity index (χ4n) is 3.68. The minimum Gasteiger partial charge on any atom is -0.490 e. The normalized spacial score (nSPS) is 10.8. The Kier molecular flexibility index (Phi) is 7.13. The van der Waals surface area contributed by atoms with Crippen LogP contribution in [0, 0.1) is 0 Å². The molecule has 8 nitrogen and oxygen atoms in total. The van der Waals surface area contributed by atoms with Crippen LogP contribution in [0.1, 0.15) is 21.5 Å². The van der Waals surface area contributed by atoms with Crippen LogP contribution in [-0.4, -0.2) is 39.1 Å². The second-order valence-electron chi connectivity index (χ2n) is 8.13. The monoisotopic (exact) mass is 479 g/mol. The number of rotatable bonds is 10.